The second kappa shape index (κ2) is 4.75. The van der Waals surface area contributed by atoms with Gasteiger partial charge in [0.15, 0.2) is 0 Å². The van der Waals surface area contributed by atoms with E-state index < -0.39 is 0 Å². The maximum absolute atomic E-state index is 4.68. The topological polar surface area (TPSA) is 12.9 Å². The van der Waals surface area contributed by atoms with Crippen LogP contribution in [0.4, 0.5) is 0 Å². The summed E-state index contributed by atoms with van der Waals surface area (Å²) in [6.07, 6.45) is 0. The van der Waals surface area contributed by atoms with E-state index in [9.17, 15) is 0 Å². The van der Waals surface area contributed by atoms with Gasteiger partial charge in [-0.15, -0.1) is 0 Å². The van der Waals surface area contributed by atoms with Gasteiger partial charge in [-0.05, 0) is 17.0 Å². The maximum Gasteiger partial charge on any atom is 0.0788 e. The molecule has 20 heavy (non-hydrogen) atoms. The minimum atomic E-state index is 0.184. The van der Waals surface area contributed by atoms with Crippen molar-refractivity contribution >= 4 is 10.9 Å². The highest BCUT2D eigenvalue weighted by molar-refractivity contribution is 5.80. The first kappa shape index (κ1) is 12.9. The van der Waals surface area contributed by atoms with Gasteiger partial charge in [0.2, 0.25) is 0 Å². The molecule has 0 unspecified atom stereocenters. The van der Waals surface area contributed by atoms with E-state index in [1.54, 1.807) is 0 Å². The molecule has 0 saturated heterocycles. The van der Waals surface area contributed by atoms with Crippen LogP contribution in [0, 0.1) is 6.07 Å². The lowest BCUT2D eigenvalue weighted by atomic mass is 9.86. The third kappa shape index (κ3) is 2.44. The first-order valence-corrected chi connectivity index (χ1v) is 6.92. The van der Waals surface area contributed by atoms with Crippen LogP contribution in [-0.2, 0) is 5.41 Å². The highest BCUT2D eigenvalue weighted by atomic mass is 14.7. The summed E-state index contributed by atoms with van der Waals surface area (Å²) >= 11 is 0. The molecule has 0 amide bonds. The molecule has 0 N–H and O–H groups in total. The number of benzene rings is 2. The van der Waals surface area contributed by atoms with Gasteiger partial charge in [0.05, 0.1) is 11.2 Å². The van der Waals surface area contributed by atoms with Crippen molar-refractivity contribution < 1.29 is 0 Å². The fraction of sp³-hybridized carbons (Fsp3) is 0.211. The Hall–Kier alpha value is -2.15. The van der Waals surface area contributed by atoms with Gasteiger partial charge in [0.1, 0.15) is 0 Å². The Morgan fingerprint density at radius 1 is 0.900 bits per heavy atom. The summed E-state index contributed by atoms with van der Waals surface area (Å²) in [4.78, 5) is 4.68. The van der Waals surface area contributed by atoms with Crippen molar-refractivity contribution in [2.24, 2.45) is 0 Å². The predicted octanol–water partition coefficient (Wildman–Crippen LogP) is 5.00. The van der Waals surface area contributed by atoms with Crippen molar-refractivity contribution in [3.05, 3.63) is 66.2 Å². The molecular formula is C19H18N. The molecule has 1 radical (unpaired) electrons. The van der Waals surface area contributed by atoms with E-state index in [2.05, 4.69) is 74.3 Å². The predicted molar refractivity (Wildman–Crippen MR) is 84.7 cm³/mol. The summed E-state index contributed by atoms with van der Waals surface area (Å²) in [5.41, 5.74) is 4.60. The highest BCUT2D eigenvalue weighted by Crippen LogP contribution is 2.26. The molecule has 3 rings (SSSR count). The Labute approximate surface area is 120 Å². The summed E-state index contributed by atoms with van der Waals surface area (Å²) in [5.74, 6) is 0. The molecule has 0 atom stereocenters. The number of hydrogen-bond acceptors (Lipinski definition) is 1. The van der Waals surface area contributed by atoms with Crippen LogP contribution in [0.2, 0.25) is 0 Å². The van der Waals surface area contributed by atoms with E-state index in [1.807, 2.05) is 12.1 Å². The molecule has 1 heteroatoms. The van der Waals surface area contributed by atoms with Crippen molar-refractivity contribution in [2.75, 3.05) is 0 Å². The second-order valence-electron chi connectivity index (χ2n) is 6.13. The van der Waals surface area contributed by atoms with Gasteiger partial charge < -0.3 is 0 Å². The molecule has 0 fully saturated rings. The molecule has 0 aliphatic heterocycles. The standard InChI is InChI=1S/C19H18N/c1-19(2,3)16-11-8-15(9-12-16)18-13-10-14-6-4-5-7-17(14)20-18/h4-6,8-13H,1-3H3. The van der Waals surface area contributed by atoms with Crippen molar-refractivity contribution in [3.8, 4) is 11.3 Å². The number of fused-ring (bicyclic) bond motifs is 1. The Bertz CT molecular complexity index is 734. The molecule has 2 aromatic carbocycles. The Kier molecular flexibility index (Phi) is 3.06. The first-order chi connectivity index (χ1) is 9.54. The molecule has 0 aliphatic rings. The van der Waals surface area contributed by atoms with E-state index in [0.29, 0.717) is 0 Å². The van der Waals surface area contributed by atoms with Crippen molar-refractivity contribution in [1.29, 1.82) is 0 Å². The van der Waals surface area contributed by atoms with Crippen LogP contribution >= 0.6 is 0 Å². The molecule has 99 valence electrons. The van der Waals surface area contributed by atoms with Gasteiger partial charge in [-0.25, -0.2) is 4.98 Å². The van der Waals surface area contributed by atoms with Crippen LogP contribution in [0.3, 0.4) is 0 Å². The molecule has 0 saturated carbocycles. The quantitative estimate of drug-likeness (QED) is 0.600. The van der Waals surface area contributed by atoms with E-state index in [0.717, 1.165) is 22.2 Å². The van der Waals surface area contributed by atoms with Crippen molar-refractivity contribution in [2.45, 2.75) is 26.2 Å². The normalized spacial score (nSPS) is 11.8. The number of para-hydroxylation sites is 1. The minimum Gasteiger partial charge on any atom is -0.247 e. The largest absolute Gasteiger partial charge is 0.247 e. The first-order valence-electron chi connectivity index (χ1n) is 6.92. The third-order valence-electron chi connectivity index (χ3n) is 3.57. The van der Waals surface area contributed by atoms with Crippen LogP contribution in [0.1, 0.15) is 26.3 Å². The van der Waals surface area contributed by atoms with Crippen molar-refractivity contribution in [1.82, 2.24) is 4.98 Å². The highest BCUT2D eigenvalue weighted by Gasteiger charge is 2.13. The molecular weight excluding hydrogens is 242 g/mol. The fourth-order valence-corrected chi connectivity index (χ4v) is 2.30. The fourth-order valence-electron chi connectivity index (χ4n) is 2.30. The van der Waals surface area contributed by atoms with Crippen LogP contribution < -0.4 is 0 Å². The zero-order chi connectivity index (χ0) is 14.2. The van der Waals surface area contributed by atoms with E-state index in [-0.39, 0.29) is 5.41 Å². The summed E-state index contributed by atoms with van der Waals surface area (Å²) in [6, 6.07) is 22.0. The Morgan fingerprint density at radius 2 is 1.65 bits per heavy atom. The van der Waals surface area contributed by atoms with E-state index >= 15 is 0 Å². The minimum absolute atomic E-state index is 0.184. The zero-order valence-electron chi connectivity index (χ0n) is 12.1. The summed E-state index contributed by atoms with van der Waals surface area (Å²) in [6.45, 7) is 6.68. The van der Waals surface area contributed by atoms with Crippen LogP contribution in [0.5, 0.6) is 0 Å². The second-order valence-corrected chi connectivity index (χ2v) is 6.13. The third-order valence-corrected chi connectivity index (χ3v) is 3.57. The summed E-state index contributed by atoms with van der Waals surface area (Å²) in [5, 5.41) is 1.13. The average Bonchev–Trinajstić information content (AvgIpc) is 2.46. The van der Waals surface area contributed by atoms with Gasteiger partial charge in [-0.1, -0.05) is 69.3 Å². The number of nitrogens with zero attached hydrogens (tertiary/aromatic N) is 1. The maximum atomic E-state index is 4.68. The average molecular weight is 260 g/mol. The lowest BCUT2D eigenvalue weighted by Gasteiger charge is -2.19. The van der Waals surface area contributed by atoms with E-state index in [1.165, 1.54) is 5.56 Å². The van der Waals surface area contributed by atoms with Gasteiger partial charge in [-0.2, -0.15) is 0 Å². The smallest absolute Gasteiger partial charge is 0.0788 e. The van der Waals surface area contributed by atoms with Gasteiger partial charge in [0.25, 0.3) is 0 Å². The molecule has 0 spiro atoms. The monoisotopic (exact) mass is 260 g/mol. The van der Waals surface area contributed by atoms with Crippen LogP contribution in [0.15, 0.2) is 54.6 Å². The summed E-state index contributed by atoms with van der Waals surface area (Å²) < 4.78 is 0. The molecule has 1 heterocycles. The van der Waals surface area contributed by atoms with Crippen LogP contribution in [0.25, 0.3) is 22.2 Å². The number of hydrogen-bond donors (Lipinski definition) is 0. The molecule has 0 bridgehead atoms. The van der Waals surface area contributed by atoms with E-state index in [4.69, 9.17) is 0 Å². The molecule has 3 aromatic rings. The lowest BCUT2D eigenvalue weighted by Crippen LogP contribution is -2.10. The van der Waals surface area contributed by atoms with Crippen molar-refractivity contribution in [3.63, 3.8) is 0 Å². The Morgan fingerprint density at radius 3 is 2.35 bits per heavy atom. The van der Waals surface area contributed by atoms with Gasteiger partial charge in [-0.3, -0.25) is 0 Å². The molecule has 0 aliphatic carbocycles. The lowest BCUT2D eigenvalue weighted by molar-refractivity contribution is 0.590. The number of rotatable bonds is 1. The molecule has 1 nitrogen and oxygen atoms in total. The number of pyridine rings is 1. The SMILES string of the molecule is CC(C)(C)c1ccc(-c2ccc3ccc[c]c3n2)cc1. The Balaban J connectivity index is 2.02. The van der Waals surface area contributed by atoms with Crippen LogP contribution in [-0.4, -0.2) is 4.98 Å². The number of aromatic nitrogens is 1. The van der Waals surface area contributed by atoms with Gasteiger partial charge >= 0.3 is 0 Å². The molecule has 1 aromatic heterocycles. The van der Waals surface area contributed by atoms with Gasteiger partial charge in [0, 0.05) is 17.0 Å². The summed E-state index contributed by atoms with van der Waals surface area (Å²) in [7, 11) is 0. The zero-order valence-corrected chi connectivity index (χ0v) is 12.1.